The molecule has 2 amide bonds. The van der Waals surface area contributed by atoms with Crippen LogP contribution in [0.2, 0.25) is 0 Å². The van der Waals surface area contributed by atoms with E-state index in [1.807, 2.05) is 61.5 Å². The number of nitrogens with zero attached hydrogens (tertiary/aromatic N) is 1. The van der Waals surface area contributed by atoms with Crippen LogP contribution in [0.25, 0.3) is 0 Å². The minimum Gasteiger partial charge on any atom is -0.331 e. The van der Waals surface area contributed by atoms with E-state index in [1.165, 1.54) is 0 Å². The molecule has 0 bridgehead atoms. The second-order valence-corrected chi connectivity index (χ2v) is 5.89. The van der Waals surface area contributed by atoms with Crippen molar-refractivity contribution in [2.24, 2.45) is 0 Å². The lowest BCUT2D eigenvalue weighted by molar-refractivity contribution is 0.203. The number of nitrogens with one attached hydrogen (secondary N) is 1. The molecule has 0 aromatic heterocycles. The molecule has 0 radical (unpaired) electrons. The summed E-state index contributed by atoms with van der Waals surface area (Å²) in [5.74, 6) is 0. The molecule has 0 aliphatic carbocycles. The van der Waals surface area contributed by atoms with E-state index in [0.717, 1.165) is 15.6 Å². The van der Waals surface area contributed by atoms with Crippen molar-refractivity contribution in [3.8, 4) is 0 Å². The van der Waals surface area contributed by atoms with Gasteiger partial charge in [0.25, 0.3) is 0 Å². The summed E-state index contributed by atoms with van der Waals surface area (Å²) in [6.07, 6.45) is 0. The van der Waals surface area contributed by atoms with Crippen molar-refractivity contribution in [3.63, 3.8) is 0 Å². The van der Waals surface area contributed by atoms with Gasteiger partial charge in [-0.25, -0.2) is 4.79 Å². The van der Waals surface area contributed by atoms with Crippen LogP contribution in [0.15, 0.2) is 59.1 Å². The molecule has 1 N–H and O–H groups in total. The molecule has 21 heavy (non-hydrogen) atoms. The van der Waals surface area contributed by atoms with E-state index in [1.54, 1.807) is 11.9 Å². The molecule has 0 spiro atoms. The summed E-state index contributed by atoms with van der Waals surface area (Å²) < 4.78 is 1.00. The first-order chi connectivity index (χ1) is 10.1. The lowest BCUT2D eigenvalue weighted by Crippen LogP contribution is -2.38. The molecule has 2 aromatic rings. The van der Waals surface area contributed by atoms with Crippen molar-refractivity contribution >= 4 is 22.0 Å². The number of benzene rings is 2. The van der Waals surface area contributed by atoms with Gasteiger partial charge in [0.05, 0.1) is 6.04 Å². The highest BCUT2D eigenvalue weighted by Gasteiger charge is 2.15. The van der Waals surface area contributed by atoms with Gasteiger partial charge >= 0.3 is 6.03 Å². The summed E-state index contributed by atoms with van der Waals surface area (Å²) >= 11 is 3.51. The predicted octanol–water partition coefficient (Wildman–Crippen LogP) is 4.35. The van der Waals surface area contributed by atoms with E-state index >= 15 is 0 Å². The Morgan fingerprint density at radius 2 is 1.76 bits per heavy atom. The maximum Gasteiger partial charge on any atom is 0.317 e. The molecule has 2 rings (SSSR count). The van der Waals surface area contributed by atoms with Crippen molar-refractivity contribution in [2.75, 3.05) is 7.05 Å². The molecular weight excluding hydrogens is 328 g/mol. The van der Waals surface area contributed by atoms with Crippen molar-refractivity contribution in [1.82, 2.24) is 10.2 Å². The van der Waals surface area contributed by atoms with E-state index in [0.29, 0.717) is 6.54 Å². The van der Waals surface area contributed by atoms with Crippen LogP contribution in [0.5, 0.6) is 0 Å². The average molecular weight is 347 g/mol. The monoisotopic (exact) mass is 346 g/mol. The van der Waals surface area contributed by atoms with E-state index in [4.69, 9.17) is 0 Å². The lowest BCUT2D eigenvalue weighted by atomic mass is 10.1. The minimum absolute atomic E-state index is 0.0497. The van der Waals surface area contributed by atoms with Crippen LogP contribution >= 0.6 is 15.9 Å². The highest BCUT2D eigenvalue weighted by atomic mass is 79.9. The van der Waals surface area contributed by atoms with Gasteiger partial charge in [-0.05, 0) is 24.1 Å². The molecule has 0 fully saturated rings. The zero-order chi connectivity index (χ0) is 15.2. The molecule has 0 heterocycles. The number of halogens is 1. The van der Waals surface area contributed by atoms with E-state index < -0.39 is 0 Å². The van der Waals surface area contributed by atoms with E-state index in [2.05, 4.69) is 21.2 Å². The maximum atomic E-state index is 12.2. The SMILES string of the molecule is CC(NC(=O)N(C)Cc1ccccc1)c1ccccc1Br. The second kappa shape index (κ2) is 7.27. The zero-order valence-electron chi connectivity index (χ0n) is 12.2. The Hall–Kier alpha value is -1.81. The average Bonchev–Trinajstić information content (AvgIpc) is 2.48. The highest BCUT2D eigenvalue weighted by Crippen LogP contribution is 2.22. The number of hydrogen-bond donors (Lipinski definition) is 1. The summed E-state index contributed by atoms with van der Waals surface area (Å²) in [7, 11) is 1.80. The Balaban J connectivity index is 1.96. The van der Waals surface area contributed by atoms with Crippen LogP contribution < -0.4 is 5.32 Å². The molecule has 1 unspecified atom stereocenters. The Labute approximate surface area is 134 Å². The fourth-order valence-electron chi connectivity index (χ4n) is 2.13. The van der Waals surface area contributed by atoms with Gasteiger partial charge in [0, 0.05) is 18.1 Å². The third-order valence-corrected chi connectivity index (χ3v) is 4.04. The van der Waals surface area contributed by atoms with Crippen LogP contribution in [0, 0.1) is 0 Å². The van der Waals surface area contributed by atoms with Crippen LogP contribution in [-0.4, -0.2) is 18.0 Å². The topological polar surface area (TPSA) is 32.3 Å². The molecular formula is C17H19BrN2O. The Morgan fingerprint density at radius 1 is 1.14 bits per heavy atom. The molecule has 110 valence electrons. The third-order valence-electron chi connectivity index (χ3n) is 3.32. The highest BCUT2D eigenvalue weighted by molar-refractivity contribution is 9.10. The standard InChI is InChI=1S/C17H19BrN2O/c1-13(15-10-6-7-11-16(15)18)19-17(21)20(2)12-14-8-4-3-5-9-14/h3-11,13H,12H2,1-2H3,(H,19,21). The fraction of sp³-hybridized carbons (Fsp3) is 0.235. The smallest absolute Gasteiger partial charge is 0.317 e. The van der Waals surface area contributed by atoms with Gasteiger partial charge in [-0.1, -0.05) is 64.5 Å². The molecule has 3 nitrogen and oxygen atoms in total. The van der Waals surface area contributed by atoms with Crippen molar-refractivity contribution in [3.05, 3.63) is 70.2 Å². The number of rotatable bonds is 4. The molecule has 0 aliphatic heterocycles. The van der Waals surface area contributed by atoms with Gasteiger partial charge in [0.1, 0.15) is 0 Å². The number of urea groups is 1. The van der Waals surface area contributed by atoms with Gasteiger partial charge in [-0.2, -0.15) is 0 Å². The Kier molecular flexibility index (Phi) is 5.39. The van der Waals surface area contributed by atoms with Crippen LogP contribution in [0.4, 0.5) is 4.79 Å². The number of hydrogen-bond acceptors (Lipinski definition) is 1. The summed E-state index contributed by atoms with van der Waals surface area (Å²) in [4.78, 5) is 13.9. The largest absolute Gasteiger partial charge is 0.331 e. The predicted molar refractivity (Wildman–Crippen MR) is 89.0 cm³/mol. The Bertz CT molecular complexity index is 601. The van der Waals surface area contributed by atoms with Gasteiger partial charge < -0.3 is 10.2 Å². The minimum atomic E-state index is -0.0814. The van der Waals surface area contributed by atoms with Crippen molar-refractivity contribution in [1.29, 1.82) is 0 Å². The molecule has 0 aliphatic rings. The quantitative estimate of drug-likeness (QED) is 0.876. The molecule has 2 aromatic carbocycles. The molecule has 0 saturated carbocycles. The van der Waals surface area contributed by atoms with Crippen molar-refractivity contribution in [2.45, 2.75) is 19.5 Å². The fourth-order valence-corrected chi connectivity index (χ4v) is 2.76. The first-order valence-corrected chi connectivity index (χ1v) is 7.67. The summed E-state index contributed by atoms with van der Waals surface area (Å²) in [5.41, 5.74) is 2.18. The van der Waals surface area contributed by atoms with Gasteiger partial charge in [-0.15, -0.1) is 0 Å². The van der Waals surface area contributed by atoms with Gasteiger partial charge in [0.15, 0.2) is 0 Å². The van der Waals surface area contributed by atoms with Gasteiger partial charge in [-0.3, -0.25) is 0 Å². The summed E-state index contributed by atoms with van der Waals surface area (Å²) in [6, 6.07) is 17.7. The first kappa shape index (κ1) is 15.6. The maximum absolute atomic E-state index is 12.2. The first-order valence-electron chi connectivity index (χ1n) is 6.88. The number of carbonyl (C=O) groups excluding carboxylic acids is 1. The zero-order valence-corrected chi connectivity index (χ0v) is 13.8. The van der Waals surface area contributed by atoms with E-state index in [9.17, 15) is 4.79 Å². The van der Waals surface area contributed by atoms with Crippen LogP contribution in [-0.2, 0) is 6.54 Å². The third kappa shape index (κ3) is 4.33. The second-order valence-electron chi connectivity index (χ2n) is 5.03. The normalized spacial score (nSPS) is 11.8. The lowest BCUT2D eigenvalue weighted by Gasteiger charge is -2.22. The number of amides is 2. The molecule has 0 saturated heterocycles. The summed E-state index contributed by atoms with van der Waals surface area (Å²) in [5, 5.41) is 3.01. The number of carbonyl (C=O) groups is 1. The van der Waals surface area contributed by atoms with Crippen molar-refractivity contribution < 1.29 is 4.79 Å². The van der Waals surface area contributed by atoms with Crippen LogP contribution in [0.3, 0.4) is 0 Å². The Morgan fingerprint density at radius 3 is 2.43 bits per heavy atom. The molecule has 1 atom stereocenters. The van der Waals surface area contributed by atoms with E-state index in [-0.39, 0.29) is 12.1 Å². The molecule has 4 heteroatoms. The van der Waals surface area contributed by atoms with Gasteiger partial charge in [0.2, 0.25) is 0 Å². The van der Waals surface area contributed by atoms with Crippen LogP contribution in [0.1, 0.15) is 24.1 Å². The summed E-state index contributed by atoms with van der Waals surface area (Å²) in [6.45, 7) is 2.57.